The molecule has 1 amide bonds. The Labute approximate surface area is 128 Å². The van der Waals surface area contributed by atoms with Gasteiger partial charge in [0.2, 0.25) is 5.91 Å². The molecule has 0 aromatic heterocycles. The summed E-state index contributed by atoms with van der Waals surface area (Å²) in [6.45, 7) is 3.99. The van der Waals surface area contributed by atoms with Crippen LogP contribution in [0.1, 0.15) is 64.7 Å². The van der Waals surface area contributed by atoms with E-state index in [0.29, 0.717) is 36.6 Å². The van der Waals surface area contributed by atoms with Crippen LogP contribution in [0.4, 0.5) is 0 Å². The molecule has 21 heavy (non-hydrogen) atoms. The van der Waals surface area contributed by atoms with Crippen LogP contribution in [0.5, 0.6) is 0 Å². The van der Waals surface area contributed by atoms with Crippen LogP contribution in [-0.2, 0) is 9.53 Å². The molecule has 3 aliphatic rings. The first-order valence-corrected chi connectivity index (χ1v) is 8.93. The molecule has 3 aliphatic heterocycles. The largest absolute Gasteiger partial charge is 0.378 e. The molecule has 0 radical (unpaired) electrons. The number of ether oxygens (including phenoxy) is 1. The zero-order valence-corrected chi connectivity index (χ0v) is 13.4. The Morgan fingerprint density at radius 3 is 2.62 bits per heavy atom. The number of amides is 1. The summed E-state index contributed by atoms with van der Waals surface area (Å²) in [5.41, 5.74) is 0. The van der Waals surface area contributed by atoms with Gasteiger partial charge >= 0.3 is 0 Å². The van der Waals surface area contributed by atoms with Crippen molar-refractivity contribution in [2.75, 3.05) is 13.2 Å². The van der Waals surface area contributed by atoms with Gasteiger partial charge in [0.1, 0.15) is 0 Å². The van der Waals surface area contributed by atoms with Crippen molar-refractivity contribution in [3.8, 4) is 0 Å². The lowest BCUT2D eigenvalue weighted by molar-refractivity contribution is -0.135. The number of carbonyl (C=O) groups is 1. The molecule has 0 aromatic rings. The molecule has 4 heteroatoms. The van der Waals surface area contributed by atoms with Gasteiger partial charge in [-0.25, -0.2) is 0 Å². The average Bonchev–Trinajstić information content (AvgIpc) is 3.12. The van der Waals surface area contributed by atoms with E-state index in [1.54, 1.807) is 0 Å². The van der Waals surface area contributed by atoms with Gasteiger partial charge in [0.15, 0.2) is 0 Å². The zero-order valence-electron chi connectivity index (χ0n) is 13.4. The van der Waals surface area contributed by atoms with Crippen molar-refractivity contribution in [1.29, 1.82) is 0 Å². The number of rotatable bonds is 6. The van der Waals surface area contributed by atoms with Crippen LogP contribution in [-0.4, -0.2) is 48.2 Å². The number of carbonyl (C=O) groups excluding carboxylic acids is 1. The van der Waals surface area contributed by atoms with E-state index in [2.05, 4.69) is 17.1 Å². The van der Waals surface area contributed by atoms with Crippen LogP contribution >= 0.6 is 0 Å². The minimum atomic E-state index is 0.335. The number of nitrogens with zero attached hydrogens (tertiary/aromatic N) is 1. The molecule has 120 valence electrons. The number of piperidine rings is 1. The maximum Gasteiger partial charge on any atom is 0.222 e. The van der Waals surface area contributed by atoms with Crippen LogP contribution in [0.2, 0.25) is 0 Å². The summed E-state index contributed by atoms with van der Waals surface area (Å²) < 4.78 is 5.65. The van der Waals surface area contributed by atoms with Gasteiger partial charge < -0.3 is 15.0 Å². The van der Waals surface area contributed by atoms with Crippen molar-refractivity contribution in [3.63, 3.8) is 0 Å². The number of hydrogen-bond acceptors (Lipinski definition) is 3. The highest BCUT2D eigenvalue weighted by atomic mass is 16.5. The second kappa shape index (κ2) is 7.10. The van der Waals surface area contributed by atoms with E-state index in [9.17, 15) is 4.79 Å². The van der Waals surface area contributed by atoms with E-state index < -0.39 is 0 Å². The first-order chi connectivity index (χ1) is 10.3. The fourth-order valence-corrected chi connectivity index (χ4v) is 4.33. The molecule has 2 bridgehead atoms. The zero-order chi connectivity index (χ0) is 14.7. The van der Waals surface area contributed by atoms with Crippen LogP contribution < -0.4 is 5.32 Å². The van der Waals surface area contributed by atoms with Gasteiger partial charge in [0.25, 0.3) is 0 Å². The summed E-state index contributed by atoms with van der Waals surface area (Å²) >= 11 is 0. The summed E-state index contributed by atoms with van der Waals surface area (Å²) in [5, 5.41) is 3.67. The van der Waals surface area contributed by atoms with Crippen molar-refractivity contribution in [1.82, 2.24) is 10.2 Å². The van der Waals surface area contributed by atoms with Crippen LogP contribution in [0.25, 0.3) is 0 Å². The van der Waals surface area contributed by atoms with Gasteiger partial charge in [-0.05, 0) is 51.4 Å². The normalized spacial score (nSPS) is 35.1. The monoisotopic (exact) mass is 294 g/mol. The van der Waals surface area contributed by atoms with E-state index in [1.165, 1.54) is 12.8 Å². The Morgan fingerprint density at radius 2 is 2.00 bits per heavy atom. The van der Waals surface area contributed by atoms with Crippen molar-refractivity contribution in [2.45, 2.75) is 88.9 Å². The Hall–Kier alpha value is -0.610. The Bertz CT molecular complexity index is 343. The molecule has 0 saturated carbocycles. The molecule has 0 aromatic carbocycles. The van der Waals surface area contributed by atoms with Crippen molar-refractivity contribution < 1.29 is 9.53 Å². The van der Waals surface area contributed by atoms with Gasteiger partial charge in [0.05, 0.1) is 6.10 Å². The van der Waals surface area contributed by atoms with E-state index >= 15 is 0 Å². The van der Waals surface area contributed by atoms with Crippen LogP contribution in [0.3, 0.4) is 0 Å². The highest BCUT2D eigenvalue weighted by molar-refractivity contribution is 5.76. The first-order valence-electron chi connectivity index (χ1n) is 8.93. The van der Waals surface area contributed by atoms with Crippen molar-refractivity contribution in [2.24, 2.45) is 0 Å². The maximum absolute atomic E-state index is 12.7. The van der Waals surface area contributed by atoms with E-state index in [0.717, 1.165) is 51.7 Å². The van der Waals surface area contributed by atoms with E-state index in [1.807, 2.05) is 0 Å². The lowest BCUT2D eigenvalue weighted by Crippen LogP contribution is -2.50. The summed E-state index contributed by atoms with van der Waals surface area (Å²) in [6.07, 6.45) is 10.2. The molecule has 3 rings (SSSR count). The van der Waals surface area contributed by atoms with Gasteiger partial charge in [-0.2, -0.15) is 0 Å². The molecule has 0 spiro atoms. The predicted octanol–water partition coefficient (Wildman–Crippen LogP) is 2.47. The molecule has 3 heterocycles. The average molecular weight is 294 g/mol. The smallest absolute Gasteiger partial charge is 0.222 e. The van der Waals surface area contributed by atoms with Crippen LogP contribution in [0, 0.1) is 0 Å². The van der Waals surface area contributed by atoms with Gasteiger partial charge in [-0.3, -0.25) is 4.79 Å². The lowest BCUT2D eigenvalue weighted by atomic mass is 9.97. The number of nitrogens with one attached hydrogen (secondary N) is 1. The molecule has 4 nitrogen and oxygen atoms in total. The highest BCUT2D eigenvalue weighted by Crippen LogP contribution is 2.30. The molecule has 0 aliphatic carbocycles. The van der Waals surface area contributed by atoms with Crippen molar-refractivity contribution in [3.05, 3.63) is 0 Å². The molecule has 3 atom stereocenters. The minimum Gasteiger partial charge on any atom is -0.378 e. The minimum absolute atomic E-state index is 0.335. The van der Waals surface area contributed by atoms with Crippen LogP contribution in [0.15, 0.2) is 0 Å². The second-order valence-electron chi connectivity index (χ2n) is 7.02. The molecule has 3 unspecified atom stereocenters. The predicted molar refractivity (Wildman–Crippen MR) is 83.2 cm³/mol. The lowest BCUT2D eigenvalue weighted by Gasteiger charge is -2.38. The summed E-state index contributed by atoms with van der Waals surface area (Å²) in [7, 11) is 0. The molecule has 1 N–H and O–H groups in total. The SMILES string of the molecule is CCCN(C(=O)CCC1CCCO1)C1CC2CCC(C1)N2. The number of fused-ring (bicyclic) bond motifs is 2. The van der Waals surface area contributed by atoms with Gasteiger partial charge in [-0.1, -0.05) is 6.92 Å². The Morgan fingerprint density at radius 1 is 1.24 bits per heavy atom. The standard InChI is InChI=1S/C17H30N2O2/c1-2-9-19(15-11-13-5-6-14(12-15)18-13)17(20)8-7-16-4-3-10-21-16/h13-16,18H,2-12H2,1H3. The topological polar surface area (TPSA) is 41.6 Å². The van der Waals surface area contributed by atoms with Gasteiger partial charge in [-0.15, -0.1) is 0 Å². The quantitative estimate of drug-likeness (QED) is 0.818. The highest BCUT2D eigenvalue weighted by Gasteiger charge is 2.37. The second-order valence-corrected chi connectivity index (χ2v) is 7.02. The van der Waals surface area contributed by atoms with E-state index in [4.69, 9.17) is 4.74 Å². The maximum atomic E-state index is 12.7. The van der Waals surface area contributed by atoms with Crippen molar-refractivity contribution >= 4 is 5.91 Å². The third-order valence-electron chi connectivity index (χ3n) is 5.38. The first kappa shape index (κ1) is 15.3. The Balaban J connectivity index is 1.53. The summed E-state index contributed by atoms with van der Waals surface area (Å²) in [4.78, 5) is 14.9. The molecular weight excluding hydrogens is 264 g/mol. The molecule has 3 fully saturated rings. The number of hydrogen-bond donors (Lipinski definition) is 1. The van der Waals surface area contributed by atoms with Gasteiger partial charge in [0, 0.05) is 37.7 Å². The fraction of sp³-hybridized carbons (Fsp3) is 0.941. The summed E-state index contributed by atoms with van der Waals surface area (Å²) in [5.74, 6) is 0.360. The molecule has 3 saturated heterocycles. The molecular formula is C17H30N2O2. The Kier molecular flexibility index (Phi) is 5.17. The summed E-state index contributed by atoms with van der Waals surface area (Å²) in [6, 6.07) is 1.78. The third kappa shape index (κ3) is 3.78. The third-order valence-corrected chi connectivity index (χ3v) is 5.38. The fourth-order valence-electron chi connectivity index (χ4n) is 4.33. The van der Waals surface area contributed by atoms with E-state index in [-0.39, 0.29) is 0 Å².